The molecule has 1 aliphatic carbocycles. The molecule has 92 valence electrons. The lowest BCUT2D eigenvalue weighted by Gasteiger charge is -2.16. The highest BCUT2D eigenvalue weighted by molar-refractivity contribution is 5.20. The molecule has 2 heteroatoms. The molecule has 1 saturated carbocycles. The van der Waals surface area contributed by atoms with E-state index < -0.39 is 6.10 Å². The first-order chi connectivity index (χ1) is 8.19. The molecule has 2 N–H and O–H groups in total. The first kappa shape index (κ1) is 12.3. The maximum absolute atomic E-state index is 9.64. The smallest absolute Gasteiger partial charge is 0.0596 e. The standard InChI is InChI=1S/C15H20O2/c1-12(17)15(11-16)10-14(15)9-5-8-13-6-3-2-4-7-13/h2-7,9,12,14,16-17H,8,10-11H2,1H3/b9-5+/t12?,14-,15+/m0/s1. The van der Waals surface area contributed by atoms with Gasteiger partial charge < -0.3 is 10.2 Å². The van der Waals surface area contributed by atoms with Crippen LogP contribution in [0.2, 0.25) is 0 Å². The Morgan fingerprint density at radius 2 is 2.12 bits per heavy atom. The Balaban J connectivity index is 1.88. The minimum absolute atomic E-state index is 0.0744. The van der Waals surface area contributed by atoms with E-state index in [1.807, 2.05) is 18.2 Å². The lowest BCUT2D eigenvalue weighted by Crippen LogP contribution is -2.24. The van der Waals surface area contributed by atoms with Crippen LogP contribution < -0.4 is 0 Å². The van der Waals surface area contributed by atoms with Gasteiger partial charge in [-0.25, -0.2) is 0 Å². The molecule has 1 aromatic rings. The zero-order valence-corrected chi connectivity index (χ0v) is 10.2. The molecule has 2 nitrogen and oxygen atoms in total. The van der Waals surface area contributed by atoms with E-state index >= 15 is 0 Å². The number of aliphatic hydroxyl groups excluding tert-OH is 2. The lowest BCUT2D eigenvalue weighted by atomic mass is 9.98. The summed E-state index contributed by atoms with van der Waals surface area (Å²) in [6.07, 6.45) is 5.65. The molecule has 3 atom stereocenters. The predicted molar refractivity (Wildman–Crippen MR) is 68.6 cm³/mol. The number of hydrogen-bond donors (Lipinski definition) is 2. The van der Waals surface area contributed by atoms with Gasteiger partial charge in [-0.15, -0.1) is 0 Å². The van der Waals surface area contributed by atoms with Crippen LogP contribution in [0.15, 0.2) is 42.5 Å². The summed E-state index contributed by atoms with van der Waals surface area (Å²) in [4.78, 5) is 0. The molecule has 2 rings (SSSR count). The number of rotatable bonds is 5. The van der Waals surface area contributed by atoms with Crippen LogP contribution in [-0.2, 0) is 6.42 Å². The Morgan fingerprint density at radius 3 is 2.65 bits per heavy atom. The Bertz CT molecular complexity index is 383. The van der Waals surface area contributed by atoms with E-state index in [1.165, 1.54) is 5.56 Å². The summed E-state index contributed by atoms with van der Waals surface area (Å²) in [6.45, 7) is 1.84. The Labute approximate surface area is 103 Å². The van der Waals surface area contributed by atoms with Crippen molar-refractivity contribution in [1.29, 1.82) is 0 Å². The highest BCUT2D eigenvalue weighted by Gasteiger charge is 2.55. The van der Waals surface area contributed by atoms with E-state index in [0.717, 1.165) is 12.8 Å². The lowest BCUT2D eigenvalue weighted by molar-refractivity contribution is 0.0577. The molecule has 1 unspecified atom stereocenters. The van der Waals surface area contributed by atoms with Crippen LogP contribution in [0.25, 0.3) is 0 Å². The van der Waals surface area contributed by atoms with E-state index in [1.54, 1.807) is 6.92 Å². The first-order valence-electron chi connectivity index (χ1n) is 6.18. The topological polar surface area (TPSA) is 40.5 Å². The third-order valence-electron chi connectivity index (χ3n) is 3.87. The van der Waals surface area contributed by atoms with Gasteiger partial charge in [0.25, 0.3) is 0 Å². The van der Waals surface area contributed by atoms with Crippen molar-refractivity contribution < 1.29 is 10.2 Å². The molecular weight excluding hydrogens is 212 g/mol. The van der Waals surface area contributed by atoms with E-state index in [0.29, 0.717) is 5.92 Å². The van der Waals surface area contributed by atoms with Crippen LogP contribution in [0.1, 0.15) is 18.9 Å². The van der Waals surface area contributed by atoms with Crippen molar-refractivity contribution >= 4 is 0 Å². The van der Waals surface area contributed by atoms with Crippen molar-refractivity contribution in [2.75, 3.05) is 6.61 Å². The highest BCUT2D eigenvalue weighted by atomic mass is 16.3. The van der Waals surface area contributed by atoms with Crippen LogP contribution in [0, 0.1) is 11.3 Å². The Hall–Kier alpha value is -1.12. The molecule has 0 aliphatic heterocycles. The van der Waals surface area contributed by atoms with Gasteiger partial charge in [0, 0.05) is 5.41 Å². The summed E-state index contributed by atoms with van der Waals surface area (Å²) in [5.41, 5.74) is 1.02. The summed E-state index contributed by atoms with van der Waals surface area (Å²) in [6, 6.07) is 10.3. The summed E-state index contributed by atoms with van der Waals surface area (Å²) in [5.74, 6) is 0.330. The van der Waals surface area contributed by atoms with E-state index in [4.69, 9.17) is 0 Å². The Morgan fingerprint density at radius 1 is 1.41 bits per heavy atom. The van der Waals surface area contributed by atoms with E-state index in [-0.39, 0.29) is 12.0 Å². The third kappa shape index (κ3) is 2.59. The van der Waals surface area contributed by atoms with Crippen molar-refractivity contribution in [3.05, 3.63) is 48.0 Å². The molecule has 0 amide bonds. The molecule has 0 spiro atoms. The molecular formula is C15H20O2. The second kappa shape index (κ2) is 5.03. The average molecular weight is 232 g/mol. The summed E-state index contributed by atoms with van der Waals surface area (Å²) in [5, 5.41) is 19.0. The molecule has 0 radical (unpaired) electrons. The molecule has 1 fully saturated rings. The normalized spacial score (nSPS) is 29.5. The number of aliphatic hydroxyl groups is 2. The van der Waals surface area contributed by atoms with Crippen molar-refractivity contribution in [2.45, 2.75) is 25.9 Å². The summed E-state index contributed by atoms with van der Waals surface area (Å²) < 4.78 is 0. The quantitative estimate of drug-likeness (QED) is 0.764. The largest absolute Gasteiger partial charge is 0.396 e. The minimum atomic E-state index is -0.432. The van der Waals surface area contributed by atoms with E-state index in [2.05, 4.69) is 24.3 Å². The van der Waals surface area contributed by atoms with Gasteiger partial charge in [-0.05, 0) is 31.2 Å². The molecule has 1 aliphatic rings. The van der Waals surface area contributed by atoms with Gasteiger partial charge in [0.2, 0.25) is 0 Å². The zero-order valence-electron chi connectivity index (χ0n) is 10.2. The molecule has 17 heavy (non-hydrogen) atoms. The molecule has 0 aromatic heterocycles. The van der Waals surface area contributed by atoms with Gasteiger partial charge in [0.15, 0.2) is 0 Å². The third-order valence-corrected chi connectivity index (χ3v) is 3.87. The first-order valence-corrected chi connectivity index (χ1v) is 6.18. The van der Waals surface area contributed by atoms with Crippen molar-refractivity contribution in [1.82, 2.24) is 0 Å². The maximum atomic E-state index is 9.64. The SMILES string of the molecule is CC(O)[C@]1(CO)C[C@@H]1/C=C/Cc1ccccc1. The monoisotopic (exact) mass is 232 g/mol. The molecule has 0 heterocycles. The Kier molecular flexibility index (Phi) is 3.65. The molecule has 1 aromatic carbocycles. The second-order valence-corrected chi connectivity index (χ2v) is 5.00. The van der Waals surface area contributed by atoms with Crippen molar-refractivity contribution in [3.8, 4) is 0 Å². The fraction of sp³-hybridized carbons (Fsp3) is 0.467. The minimum Gasteiger partial charge on any atom is -0.396 e. The van der Waals surface area contributed by atoms with Gasteiger partial charge >= 0.3 is 0 Å². The average Bonchev–Trinajstić information content (AvgIpc) is 3.06. The van der Waals surface area contributed by atoms with Crippen LogP contribution in [0.4, 0.5) is 0 Å². The van der Waals surface area contributed by atoms with Crippen LogP contribution >= 0.6 is 0 Å². The van der Waals surface area contributed by atoms with Crippen molar-refractivity contribution in [3.63, 3.8) is 0 Å². The van der Waals surface area contributed by atoms with Gasteiger partial charge in [0.05, 0.1) is 12.7 Å². The summed E-state index contributed by atoms with van der Waals surface area (Å²) in [7, 11) is 0. The van der Waals surface area contributed by atoms with Crippen molar-refractivity contribution in [2.24, 2.45) is 11.3 Å². The number of benzene rings is 1. The fourth-order valence-electron chi connectivity index (χ4n) is 2.39. The molecule has 0 saturated heterocycles. The van der Waals surface area contributed by atoms with Crippen LogP contribution in [0.5, 0.6) is 0 Å². The zero-order chi connectivity index (χ0) is 12.3. The second-order valence-electron chi connectivity index (χ2n) is 5.00. The molecule has 0 bridgehead atoms. The van der Waals surface area contributed by atoms with Crippen LogP contribution in [0.3, 0.4) is 0 Å². The van der Waals surface area contributed by atoms with Crippen LogP contribution in [-0.4, -0.2) is 22.9 Å². The van der Waals surface area contributed by atoms with Gasteiger partial charge in [0.1, 0.15) is 0 Å². The van der Waals surface area contributed by atoms with Gasteiger partial charge in [-0.3, -0.25) is 0 Å². The number of hydrogen-bond acceptors (Lipinski definition) is 2. The highest BCUT2D eigenvalue weighted by Crippen LogP contribution is 2.55. The summed E-state index contributed by atoms with van der Waals surface area (Å²) >= 11 is 0. The number of allylic oxidation sites excluding steroid dienone is 2. The van der Waals surface area contributed by atoms with Gasteiger partial charge in [-0.1, -0.05) is 42.5 Å². The predicted octanol–water partition coefficient (Wildman–Crippen LogP) is 2.16. The maximum Gasteiger partial charge on any atom is 0.0596 e. The van der Waals surface area contributed by atoms with Gasteiger partial charge in [-0.2, -0.15) is 0 Å². The van der Waals surface area contributed by atoms with E-state index in [9.17, 15) is 10.2 Å². The fourth-order valence-corrected chi connectivity index (χ4v) is 2.39.